The molecule has 0 aliphatic carbocycles. The molecular formula is C24H45NS. The molecular weight excluding hydrogens is 334 g/mol. The molecule has 1 rings (SSSR count). The van der Waals surface area contributed by atoms with Crippen LogP contribution in [0.3, 0.4) is 0 Å². The molecule has 1 nitrogen and oxygen atoms in total. The van der Waals surface area contributed by atoms with Crippen LogP contribution in [0, 0.1) is 0 Å². The van der Waals surface area contributed by atoms with Crippen LogP contribution >= 0.6 is 11.3 Å². The lowest BCUT2D eigenvalue weighted by Crippen LogP contribution is -2.28. The molecule has 1 heterocycles. The normalized spacial score (nSPS) is 11.5. The van der Waals surface area contributed by atoms with Gasteiger partial charge in [0.05, 0.1) is 0 Å². The van der Waals surface area contributed by atoms with Gasteiger partial charge in [-0.25, -0.2) is 0 Å². The number of thiophene rings is 1. The first-order valence-corrected chi connectivity index (χ1v) is 12.5. The van der Waals surface area contributed by atoms with Crippen molar-refractivity contribution < 1.29 is 0 Å². The minimum atomic E-state index is 1.24. The quantitative estimate of drug-likeness (QED) is 0.219. The van der Waals surface area contributed by atoms with E-state index in [1.807, 2.05) is 11.3 Å². The molecule has 0 unspecified atom stereocenters. The largest absolute Gasteiger partial charge is 0.303 e. The Morgan fingerprint density at radius 1 is 0.654 bits per heavy atom. The van der Waals surface area contributed by atoms with Crippen LogP contribution in [-0.2, 0) is 6.42 Å². The molecule has 0 saturated carbocycles. The van der Waals surface area contributed by atoms with E-state index in [1.54, 1.807) is 4.88 Å². The summed E-state index contributed by atoms with van der Waals surface area (Å²) in [4.78, 5) is 4.30. The average molecular weight is 380 g/mol. The van der Waals surface area contributed by atoms with Gasteiger partial charge < -0.3 is 4.90 Å². The molecule has 0 aliphatic rings. The van der Waals surface area contributed by atoms with Crippen LogP contribution in [0.15, 0.2) is 17.5 Å². The Hall–Kier alpha value is -0.340. The van der Waals surface area contributed by atoms with E-state index in [4.69, 9.17) is 0 Å². The predicted octanol–water partition coefficient (Wildman–Crippen LogP) is 8.09. The van der Waals surface area contributed by atoms with Crippen molar-refractivity contribution in [2.24, 2.45) is 0 Å². The van der Waals surface area contributed by atoms with Gasteiger partial charge in [0.25, 0.3) is 0 Å². The maximum atomic E-state index is 2.75. The van der Waals surface area contributed by atoms with Gasteiger partial charge in [0.15, 0.2) is 0 Å². The monoisotopic (exact) mass is 379 g/mol. The Balaban J connectivity index is 2.14. The maximum absolute atomic E-state index is 2.75. The molecule has 1 aromatic heterocycles. The summed E-state index contributed by atoms with van der Waals surface area (Å²) in [6.07, 6.45) is 21.1. The van der Waals surface area contributed by atoms with Gasteiger partial charge in [-0.15, -0.1) is 11.3 Å². The fourth-order valence-electron chi connectivity index (χ4n) is 3.64. The molecule has 0 spiro atoms. The second-order valence-corrected chi connectivity index (χ2v) is 8.95. The van der Waals surface area contributed by atoms with Crippen molar-refractivity contribution in [2.75, 3.05) is 19.6 Å². The smallest absolute Gasteiger partial charge is 0.00579 e. The standard InChI is InChI=1S/C24H45NS/c1-3-5-7-9-11-13-15-20-25(22-19-24-18-17-23-26-24)21-16-14-12-10-8-6-4-2/h17-18,23H,3-16,19-22H2,1-2H3. The van der Waals surface area contributed by atoms with Crippen molar-refractivity contribution in [3.05, 3.63) is 22.4 Å². The second-order valence-electron chi connectivity index (χ2n) is 7.91. The van der Waals surface area contributed by atoms with Crippen molar-refractivity contribution in [1.29, 1.82) is 0 Å². The highest BCUT2D eigenvalue weighted by Crippen LogP contribution is 2.13. The summed E-state index contributed by atoms with van der Waals surface area (Å²) in [7, 11) is 0. The van der Waals surface area contributed by atoms with E-state index in [-0.39, 0.29) is 0 Å². The summed E-state index contributed by atoms with van der Waals surface area (Å²) in [5, 5.41) is 2.21. The number of unbranched alkanes of at least 4 members (excludes halogenated alkanes) is 12. The zero-order valence-electron chi connectivity index (χ0n) is 17.8. The predicted molar refractivity (Wildman–Crippen MR) is 120 cm³/mol. The van der Waals surface area contributed by atoms with E-state index in [1.165, 1.54) is 116 Å². The zero-order valence-corrected chi connectivity index (χ0v) is 18.6. The third-order valence-electron chi connectivity index (χ3n) is 5.41. The first-order valence-electron chi connectivity index (χ1n) is 11.6. The SMILES string of the molecule is CCCCCCCCCN(CCCCCCCCC)CCc1cccs1. The third-order valence-corrected chi connectivity index (χ3v) is 6.35. The summed E-state index contributed by atoms with van der Waals surface area (Å²) in [6, 6.07) is 4.49. The molecule has 0 aliphatic heterocycles. The van der Waals surface area contributed by atoms with Crippen molar-refractivity contribution >= 4 is 11.3 Å². The van der Waals surface area contributed by atoms with Crippen molar-refractivity contribution in [1.82, 2.24) is 4.90 Å². The molecule has 1 aromatic rings. The minimum Gasteiger partial charge on any atom is -0.303 e. The van der Waals surface area contributed by atoms with Crippen molar-refractivity contribution in [3.63, 3.8) is 0 Å². The Labute approximate surface area is 168 Å². The molecule has 0 bridgehead atoms. The molecule has 0 fully saturated rings. The Morgan fingerprint density at radius 3 is 1.62 bits per heavy atom. The van der Waals surface area contributed by atoms with Gasteiger partial charge in [0.2, 0.25) is 0 Å². The van der Waals surface area contributed by atoms with E-state index >= 15 is 0 Å². The van der Waals surface area contributed by atoms with Crippen LogP contribution in [0.4, 0.5) is 0 Å². The highest BCUT2D eigenvalue weighted by atomic mass is 32.1. The van der Waals surface area contributed by atoms with Crippen LogP contribution in [0.1, 0.15) is 109 Å². The highest BCUT2D eigenvalue weighted by Gasteiger charge is 2.06. The fourth-order valence-corrected chi connectivity index (χ4v) is 4.34. The Morgan fingerprint density at radius 2 is 1.15 bits per heavy atom. The van der Waals surface area contributed by atoms with Crippen molar-refractivity contribution in [2.45, 2.75) is 110 Å². The van der Waals surface area contributed by atoms with Gasteiger partial charge in [0, 0.05) is 11.4 Å². The van der Waals surface area contributed by atoms with Gasteiger partial charge in [0.1, 0.15) is 0 Å². The number of rotatable bonds is 19. The minimum absolute atomic E-state index is 1.24. The summed E-state index contributed by atoms with van der Waals surface area (Å²) in [6.45, 7) is 8.49. The van der Waals surface area contributed by atoms with Gasteiger partial charge in [-0.1, -0.05) is 97.0 Å². The van der Waals surface area contributed by atoms with E-state index < -0.39 is 0 Å². The summed E-state index contributed by atoms with van der Waals surface area (Å²) in [5.74, 6) is 0. The van der Waals surface area contributed by atoms with Crippen LogP contribution < -0.4 is 0 Å². The fraction of sp³-hybridized carbons (Fsp3) is 0.833. The average Bonchev–Trinajstić information content (AvgIpc) is 3.17. The van der Waals surface area contributed by atoms with Gasteiger partial charge >= 0.3 is 0 Å². The van der Waals surface area contributed by atoms with Crippen LogP contribution in [-0.4, -0.2) is 24.5 Å². The van der Waals surface area contributed by atoms with E-state index in [0.717, 1.165) is 0 Å². The van der Waals surface area contributed by atoms with Crippen LogP contribution in [0.2, 0.25) is 0 Å². The molecule has 0 radical (unpaired) electrons. The van der Waals surface area contributed by atoms with E-state index in [9.17, 15) is 0 Å². The topological polar surface area (TPSA) is 3.24 Å². The molecule has 0 N–H and O–H groups in total. The third kappa shape index (κ3) is 13.8. The summed E-state index contributed by atoms with van der Waals surface area (Å²) >= 11 is 1.92. The van der Waals surface area contributed by atoms with Gasteiger partial charge in [-0.2, -0.15) is 0 Å². The molecule has 152 valence electrons. The second kappa shape index (κ2) is 18.0. The molecule has 0 atom stereocenters. The highest BCUT2D eigenvalue weighted by molar-refractivity contribution is 7.09. The zero-order chi connectivity index (χ0) is 18.7. The molecule has 0 aromatic carbocycles. The lowest BCUT2D eigenvalue weighted by molar-refractivity contribution is 0.263. The summed E-state index contributed by atoms with van der Waals surface area (Å²) < 4.78 is 0. The molecule has 0 saturated heterocycles. The van der Waals surface area contributed by atoms with Gasteiger partial charge in [-0.05, 0) is 43.8 Å². The lowest BCUT2D eigenvalue weighted by Gasteiger charge is -2.22. The Kier molecular flexibility index (Phi) is 16.4. The summed E-state index contributed by atoms with van der Waals surface area (Å²) in [5.41, 5.74) is 0. The molecule has 26 heavy (non-hydrogen) atoms. The number of hydrogen-bond donors (Lipinski definition) is 0. The maximum Gasteiger partial charge on any atom is 0.00579 e. The first-order chi connectivity index (χ1) is 12.9. The molecule has 0 amide bonds. The molecule has 2 heteroatoms. The number of hydrogen-bond acceptors (Lipinski definition) is 2. The first kappa shape index (κ1) is 23.7. The van der Waals surface area contributed by atoms with Crippen LogP contribution in [0.25, 0.3) is 0 Å². The van der Waals surface area contributed by atoms with Crippen LogP contribution in [0.5, 0.6) is 0 Å². The number of nitrogens with zero attached hydrogens (tertiary/aromatic N) is 1. The lowest BCUT2D eigenvalue weighted by atomic mass is 10.1. The van der Waals surface area contributed by atoms with Crippen molar-refractivity contribution in [3.8, 4) is 0 Å². The van der Waals surface area contributed by atoms with E-state index in [0.29, 0.717) is 0 Å². The van der Waals surface area contributed by atoms with Gasteiger partial charge in [-0.3, -0.25) is 0 Å². The van der Waals surface area contributed by atoms with E-state index in [2.05, 4.69) is 36.3 Å². The Bertz CT molecular complexity index is 356.